The molecule has 1 fully saturated rings. The van der Waals surface area contributed by atoms with Crippen molar-refractivity contribution < 1.29 is 18.0 Å². The van der Waals surface area contributed by atoms with Crippen molar-refractivity contribution in [3.8, 4) is 0 Å². The Morgan fingerprint density at radius 1 is 1.14 bits per heavy atom. The standard InChI is InChI=1S/C21H23NO4S2/c1-13-7-8-16-17(11-13)27-21(18(16)19(23)14-5-3-2-4-6-14)22-20(24)15-9-10-28(25,26)12-15/h2-6,13,15H,7-12H2,1H3,(H,22,24). The quantitative estimate of drug-likeness (QED) is 0.773. The summed E-state index contributed by atoms with van der Waals surface area (Å²) in [6.45, 7) is 2.20. The van der Waals surface area contributed by atoms with Gasteiger partial charge in [0.15, 0.2) is 15.6 Å². The smallest absolute Gasteiger partial charge is 0.229 e. The van der Waals surface area contributed by atoms with Crippen LogP contribution in [0, 0.1) is 11.8 Å². The first-order valence-corrected chi connectivity index (χ1v) is 12.2. The van der Waals surface area contributed by atoms with Gasteiger partial charge in [-0.05, 0) is 37.2 Å². The third kappa shape index (κ3) is 3.78. The van der Waals surface area contributed by atoms with E-state index in [1.807, 2.05) is 18.2 Å². The lowest BCUT2D eigenvalue weighted by molar-refractivity contribution is -0.119. The van der Waals surface area contributed by atoms with Gasteiger partial charge < -0.3 is 5.32 Å². The number of hydrogen-bond donors (Lipinski definition) is 1. The van der Waals surface area contributed by atoms with Crippen LogP contribution in [0.4, 0.5) is 5.00 Å². The first kappa shape index (κ1) is 19.3. The SMILES string of the molecule is CC1CCc2c(sc(NC(=O)C3CCS(=O)(=O)C3)c2C(=O)c2ccccc2)C1. The number of benzene rings is 1. The summed E-state index contributed by atoms with van der Waals surface area (Å²) in [6, 6.07) is 9.09. The summed E-state index contributed by atoms with van der Waals surface area (Å²) >= 11 is 1.47. The van der Waals surface area contributed by atoms with Crippen LogP contribution in [0.5, 0.6) is 0 Å². The number of thiophene rings is 1. The summed E-state index contributed by atoms with van der Waals surface area (Å²) in [4.78, 5) is 27.1. The number of carbonyl (C=O) groups is 2. The van der Waals surface area contributed by atoms with Crippen molar-refractivity contribution in [1.82, 2.24) is 0 Å². The molecule has 1 aromatic carbocycles. The van der Waals surface area contributed by atoms with Crippen LogP contribution in [-0.2, 0) is 27.5 Å². The van der Waals surface area contributed by atoms with E-state index < -0.39 is 15.8 Å². The first-order chi connectivity index (χ1) is 13.3. The normalized spacial score (nSPS) is 23.2. The molecular formula is C21H23NO4S2. The van der Waals surface area contributed by atoms with Gasteiger partial charge >= 0.3 is 0 Å². The molecular weight excluding hydrogens is 394 g/mol. The molecule has 4 rings (SSSR count). The molecule has 28 heavy (non-hydrogen) atoms. The van der Waals surface area contributed by atoms with E-state index in [2.05, 4.69) is 12.2 Å². The fourth-order valence-electron chi connectivity index (χ4n) is 4.03. The minimum Gasteiger partial charge on any atom is -0.317 e. The maximum atomic E-state index is 13.2. The van der Waals surface area contributed by atoms with Gasteiger partial charge in [-0.15, -0.1) is 11.3 Å². The van der Waals surface area contributed by atoms with Crippen LogP contribution >= 0.6 is 11.3 Å². The monoisotopic (exact) mass is 417 g/mol. The fourth-order valence-corrected chi connectivity index (χ4v) is 7.18. The van der Waals surface area contributed by atoms with E-state index in [4.69, 9.17) is 0 Å². The molecule has 0 saturated carbocycles. The molecule has 1 N–H and O–H groups in total. The Kier molecular flexibility index (Phi) is 5.14. The van der Waals surface area contributed by atoms with Crippen molar-refractivity contribution in [3.63, 3.8) is 0 Å². The predicted octanol–water partition coefficient (Wildman–Crippen LogP) is 3.48. The Labute approximate surface area is 169 Å². The Morgan fingerprint density at radius 2 is 1.89 bits per heavy atom. The third-order valence-electron chi connectivity index (χ3n) is 5.61. The van der Waals surface area contributed by atoms with Gasteiger partial charge in [-0.25, -0.2) is 8.42 Å². The van der Waals surface area contributed by atoms with Gasteiger partial charge in [0.05, 0.1) is 23.0 Å². The molecule has 1 aliphatic heterocycles. The highest BCUT2D eigenvalue weighted by Crippen LogP contribution is 2.41. The van der Waals surface area contributed by atoms with Crippen molar-refractivity contribution >= 4 is 37.9 Å². The molecule has 148 valence electrons. The van der Waals surface area contributed by atoms with Crippen LogP contribution in [0.2, 0.25) is 0 Å². The van der Waals surface area contributed by atoms with Gasteiger partial charge in [-0.1, -0.05) is 37.3 Å². The Balaban J connectivity index is 1.68. The van der Waals surface area contributed by atoms with Crippen LogP contribution in [0.15, 0.2) is 30.3 Å². The van der Waals surface area contributed by atoms with E-state index in [1.165, 1.54) is 11.3 Å². The van der Waals surface area contributed by atoms with Gasteiger partial charge in [-0.3, -0.25) is 9.59 Å². The molecule has 1 aromatic heterocycles. The highest BCUT2D eigenvalue weighted by molar-refractivity contribution is 7.91. The number of sulfone groups is 1. The van der Waals surface area contributed by atoms with Crippen LogP contribution in [0.3, 0.4) is 0 Å². The number of rotatable bonds is 4. The second-order valence-corrected chi connectivity index (χ2v) is 11.2. The van der Waals surface area contributed by atoms with Gasteiger partial charge in [0.2, 0.25) is 5.91 Å². The lowest BCUT2D eigenvalue weighted by Crippen LogP contribution is -2.24. The maximum Gasteiger partial charge on any atom is 0.229 e. The van der Waals surface area contributed by atoms with E-state index >= 15 is 0 Å². The van der Waals surface area contributed by atoms with E-state index in [1.54, 1.807) is 12.1 Å². The average molecular weight is 418 g/mol. The van der Waals surface area contributed by atoms with Gasteiger partial charge in [0, 0.05) is 10.4 Å². The zero-order chi connectivity index (χ0) is 19.9. The zero-order valence-electron chi connectivity index (χ0n) is 15.7. The van der Waals surface area contributed by atoms with E-state index in [0.717, 1.165) is 29.7 Å². The number of fused-ring (bicyclic) bond motifs is 1. The molecule has 0 bridgehead atoms. The molecule has 1 saturated heterocycles. The van der Waals surface area contributed by atoms with Crippen molar-refractivity contribution in [2.45, 2.75) is 32.6 Å². The Morgan fingerprint density at radius 3 is 2.57 bits per heavy atom. The number of amides is 1. The summed E-state index contributed by atoms with van der Waals surface area (Å²) in [7, 11) is -3.14. The van der Waals surface area contributed by atoms with Crippen LogP contribution in [0.1, 0.15) is 46.1 Å². The van der Waals surface area contributed by atoms with Gasteiger partial charge in [-0.2, -0.15) is 0 Å². The molecule has 2 atom stereocenters. The number of ketones is 1. The summed E-state index contributed by atoms with van der Waals surface area (Å²) in [5.41, 5.74) is 2.24. The Hall–Kier alpha value is -1.99. The first-order valence-electron chi connectivity index (χ1n) is 9.59. The van der Waals surface area contributed by atoms with E-state index in [9.17, 15) is 18.0 Å². The largest absolute Gasteiger partial charge is 0.317 e. The Bertz CT molecular complexity index is 1020. The summed E-state index contributed by atoms with van der Waals surface area (Å²) in [5.74, 6) is -0.420. The van der Waals surface area contributed by atoms with Crippen LogP contribution < -0.4 is 5.32 Å². The number of anilines is 1. The molecule has 7 heteroatoms. The molecule has 1 amide bonds. The zero-order valence-corrected chi connectivity index (χ0v) is 17.4. The van der Waals surface area contributed by atoms with Crippen molar-refractivity contribution in [2.24, 2.45) is 11.8 Å². The molecule has 0 radical (unpaired) electrons. The van der Waals surface area contributed by atoms with E-state index in [-0.39, 0.29) is 23.2 Å². The number of carbonyl (C=O) groups excluding carboxylic acids is 2. The van der Waals surface area contributed by atoms with Gasteiger partial charge in [0.25, 0.3) is 0 Å². The molecule has 1 aliphatic carbocycles. The fraction of sp³-hybridized carbons (Fsp3) is 0.429. The third-order valence-corrected chi connectivity index (χ3v) is 8.55. The van der Waals surface area contributed by atoms with Crippen molar-refractivity contribution in [3.05, 3.63) is 51.9 Å². The lowest BCUT2D eigenvalue weighted by atomic mass is 9.86. The molecule has 2 aromatic rings. The molecule has 0 spiro atoms. The van der Waals surface area contributed by atoms with Crippen molar-refractivity contribution in [1.29, 1.82) is 0 Å². The second-order valence-electron chi connectivity index (χ2n) is 7.84. The van der Waals surface area contributed by atoms with Crippen LogP contribution in [0.25, 0.3) is 0 Å². The van der Waals surface area contributed by atoms with Crippen molar-refractivity contribution in [2.75, 3.05) is 16.8 Å². The highest BCUT2D eigenvalue weighted by Gasteiger charge is 2.35. The molecule has 2 unspecified atom stereocenters. The minimum atomic E-state index is -3.14. The molecule has 2 heterocycles. The average Bonchev–Trinajstić information content (AvgIpc) is 3.20. The number of hydrogen-bond acceptors (Lipinski definition) is 5. The summed E-state index contributed by atoms with van der Waals surface area (Å²) in [5, 5.41) is 3.48. The lowest BCUT2D eigenvalue weighted by Gasteiger charge is -2.18. The maximum absolute atomic E-state index is 13.2. The second kappa shape index (κ2) is 7.44. The molecule has 2 aliphatic rings. The molecule has 5 nitrogen and oxygen atoms in total. The van der Waals surface area contributed by atoms with Crippen LogP contribution in [-0.4, -0.2) is 31.6 Å². The van der Waals surface area contributed by atoms with E-state index in [0.29, 0.717) is 28.5 Å². The van der Waals surface area contributed by atoms with Gasteiger partial charge in [0.1, 0.15) is 5.00 Å². The highest BCUT2D eigenvalue weighted by atomic mass is 32.2. The summed E-state index contributed by atoms with van der Waals surface area (Å²) < 4.78 is 23.4. The topological polar surface area (TPSA) is 80.3 Å². The minimum absolute atomic E-state index is 0.0549. The predicted molar refractivity (Wildman–Crippen MR) is 111 cm³/mol. The number of nitrogens with one attached hydrogen (secondary N) is 1. The summed E-state index contributed by atoms with van der Waals surface area (Å²) in [6.07, 6.45) is 3.10.